The maximum absolute atomic E-state index is 14.3. The summed E-state index contributed by atoms with van der Waals surface area (Å²) in [6, 6.07) is 34.3. The SMILES string of the molecule is CC[Si](CC)(CC)O[C@@H](CCc1ccccc1)[C@]1(C)C=C[C@@](OC)(C(=O)CO[Si](c2ccccc2)(c2ccccc2)C(C)(C)C)O1. The molecular formula is C39H54O5Si2. The number of aryl methyl sites for hydroxylation is 1. The molecule has 0 amide bonds. The van der Waals surface area contributed by atoms with E-state index in [0.29, 0.717) is 0 Å². The van der Waals surface area contributed by atoms with Gasteiger partial charge in [-0.15, -0.1) is 0 Å². The van der Waals surface area contributed by atoms with Gasteiger partial charge in [-0.2, -0.15) is 0 Å². The van der Waals surface area contributed by atoms with Crippen molar-refractivity contribution in [3.63, 3.8) is 0 Å². The molecule has 0 saturated heterocycles. The van der Waals surface area contributed by atoms with Gasteiger partial charge in [0.25, 0.3) is 14.1 Å². The monoisotopic (exact) mass is 658 g/mol. The first-order valence-corrected chi connectivity index (χ1v) is 21.3. The van der Waals surface area contributed by atoms with Crippen LogP contribution in [0.4, 0.5) is 0 Å². The van der Waals surface area contributed by atoms with Crippen molar-refractivity contribution in [1.29, 1.82) is 0 Å². The van der Waals surface area contributed by atoms with Crippen LogP contribution < -0.4 is 10.4 Å². The largest absolute Gasteiger partial charge is 0.411 e. The third kappa shape index (κ3) is 7.40. The molecule has 3 aromatic carbocycles. The van der Waals surface area contributed by atoms with Crippen LogP contribution in [-0.4, -0.2) is 53.6 Å². The van der Waals surface area contributed by atoms with Crippen LogP contribution in [-0.2, 0) is 29.5 Å². The molecule has 5 nitrogen and oxygen atoms in total. The summed E-state index contributed by atoms with van der Waals surface area (Å²) in [5.41, 5.74) is 0.404. The van der Waals surface area contributed by atoms with E-state index in [4.69, 9.17) is 18.3 Å². The summed E-state index contributed by atoms with van der Waals surface area (Å²) in [6.07, 6.45) is 5.16. The van der Waals surface area contributed by atoms with Gasteiger partial charge in [0.15, 0.2) is 8.32 Å². The Morgan fingerprint density at radius 1 is 0.804 bits per heavy atom. The number of carbonyl (C=O) groups excluding carboxylic acids is 1. The number of Topliss-reactive ketones (excluding diaryl/α,β-unsaturated/α-hetero) is 1. The molecule has 46 heavy (non-hydrogen) atoms. The average Bonchev–Trinajstić information content (AvgIpc) is 3.45. The van der Waals surface area contributed by atoms with E-state index >= 15 is 0 Å². The predicted molar refractivity (Wildman–Crippen MR) is 194 cm³/mol. The fourth-order valence-electron chi connectivity index (χ4n) is 6.96. The summed E-state index contributed by atoms with van der Waals surface area (Å²) in [7, 11) is -3.41. The van der Waals surface area contributed by atoms with E-state index in [1.807, 2.05) is 55.5 Å². The Bertz CT molecular complexity index is 1370. The van der Waals surface area contributed by atoms with Crippen LogP contribution >= 0.6 is 0 Å². The van der Waals surface area contributed by atoms with Crippen LogP contribution in [0.5, 0.6) is 0 Å². The number of ether oxygens (including phenoxy) is 2. The Morgan fingerprint density at radius 2 is 1.30 bits per heavy atom. The minimum Gasteiger partial charge on any atom is -0.411 e. The number of rotatable bonds is 16. The fourth-order valence-corrected chi connectivity index (χ4v) is 14.4. The summed E-state index contributed by atoms with van der Waals surface area (Å²) in [6.45, 7) is 15.2. The fraction of sp³-hybridized carbons (Fsp3) is 0.462. The van der Waals surface area contributed by atoms with Gasteiger partial charge in [0, 0.05) is 7.11 Å². The highest BCUT2D eigenvalue weighted by molar-refractivity contribution is 6.99. The Kier molecular flexibility index (Phi) is 11.8. The second kappa shape index (κ2) is 15.1. The van der Waals surface area contributed by atoms with Crippen molar-refractivity contribution in [2.75, 3.05) is 13.7 Å². The average molecular weight is 659 g/mol. The van der Waals surface area contributed by atoms with Crippen molar-refractivity contribution in [2.24, 2.45) is 0 Å². The van der Waals surface area contributed by atoms with E-state index in [2.05, 4.69) is 90.1 Å². The maximum atomic E-state index is 14.3. The highest BCUT2D eigenvalue weighted by atomic mass is 28.4. The predicted octanol–water partition coefficient (Wildman–Crippen LogP) is 7.84. The van der Waals surface area contributed by atoms with E-state index < -0.39 is 28.0 Å². The van der Waals surface area contributed by atoms with Crippen LogP contribution in [0, 0.1) is 0 Å². The Balaban J connectivity index is 1.64. The molecule has 4 rings (SSSR count). The van der Waals surface area contributed by atoms with Crippen molar-refractivity contribution in [1.82, 2.24) is 0 Å². The van der Waals surface area contributed by atoms with Crippen LogP contribution in [0.25, 0.3) is 0 Å². The molecule has 0 radical (unpaired) electrons. The quantitative estimate of drug-likeness (QED) is 0.116. The van der Waals surface area contributed by atoms with Crippen LogP contribution in [0.3, 0.4) is 0 Å². The van der Waals surface area contributed by atoms with E-state index in [9.17, 15) is 4.79 Å². The molecule has 0 N–H and O–H groups in total. The Morgan fingerprint density at radius 3 is 1.76 bits per heavy atom. The van der Waals surface area contributed by atoms with Crippen molar-refractivity contribution in [3.05, 3.63) is 109 Å². The van der Waals surface area contributed by atoms with Crippen LogP contribution in [0.2, 0.25) is 23.2 Å². The van der Waals surface area contributed by atoms with Crippen molar-refractivity contribution in [2.45, 2.75) is 102 Å². The molecule has 7 heteroatoms. The molecule has 0 saturated carbocycles. The molecular weight excluding hydrogens is 605 g/mol. The van der Waals surface area contributed by atoms with Gasteiger partial charge in [-0.1, -0.05) is 133 Å². The first-order valence-electron chi connectivity index (χ1n) is 16.9. The highest BCUT2D eigenvalue weighted by Gasteiger charge is 2.55. The van der Waals surface area contributed by atoms with Gasteiger partial charge in [0.1, 0.15) is 5.60 Å². The molecule has 1 heterocycles. The summed E-state index contributed by atoms with van der Waals surface area (Å²) >= 11 is 0. The molecule has 0 unspecified atom stereocenters. The highest BCUT2D eigenvalue weighted by Crippen LogP contribution is 2.41. The van der Waals surface area contributed by atoms with E-state index in [0.717, 1.165) is 41.3 Å². The molecule has 1 aliphatic heterocycles. The smallest absolute Gasteiger partial charge is 0.261 e. The van der Waals surface area contributed by atoms with E-state index in [-0.39, 0.29) is 23.5 Å². The number of hydrogen-bond donors (Lipinski definition) is 0. The van der Waals surface area contributed by atoms with Gasteiger partial charge in [0.05, 0.1) is 12.7 Å². The van der Waals surface area contributed by atoms with Gasteiger partial charge in [-0.25, -0.2) is 0 Å². The summed E-state index contributed by atoms with van der Waals surface area (Å²) in [5, 5.41) is 1.98. The lowest BCUT2D eigenvalue weighted by Crippen LogP contribution is -2.67. The number of benzene rings is 3. The lowest BCUT2D eigenvalue weighted by molar-refractivity contribution is -0.232. The zero-order valence-corrected chi connectivity index (χ0v) is 31.2. The number of carbonyl (C=O) groups is 1. The molecule has 248 valence electrons. The third-order valence-corrected chi connectivity index (χ3v) is 19.7. The van der Waals surface area contributed by atoms with E-state index in [1.54, 1.807) is 13.2 Å². The van der Waals surface area contributed by atoms with Crippen LogP contribution in [0.15, 0.2) is 103 Å². The van der Waals surface area contributed by atoms with Gasteiger partial charge in [-0.05, 0) is 71.0 Å². The first kappa shape index (κ1) is 36.2. The molecule has 0 aliphatic carbocycles. The number of hydrogen-bond acceptors (Lipinski definition) is 5. The van der Waals surface area contributed by atoms with Gasteiger partial charge in [0.2, 0.25) is 5.78 Å². The zero-order valence-electron chi connectivity index (χ0n) is 29.2. The Hall–Kier alpha value is -2.66. The minimum atomic E-state index is -2.94. The molecule has 3 atom stereocenters. The second-order valence-corrected chi connectivity index (χ2v) is 22.8. The molecule has 0 fully saturated rings. The second-order valence-electron chi connectivity index (χ2n) is 13.7. The summed E-state index contributed by atoms with van der Waals surface area (Å²) in [4.78, 5) is 14.3. The number of ketones is 1. The molecule has 1 aliphatic rings. The topological polar surface area (TPSA) is 54.0 Å². The summed E-state index contributed by atoms with van der Waals surface area (Å²) < 4.78 is 26.9. The normalized spacial score (nSPS) is 21.0. The van der Waals surface area contributed by atoms with Gasteiger partial charge in [-0.3, -0.25) is 4.79 Å². The lowest BCUT2D eigenvalue weighted by atomic mass is 9.94. The first-order chi connectivity index (χ1) is 21.9. The van der Waals surface area contributed by atoms with Gasteiger partial charge >= 0.3 is 0 Å². The van der Waals surface area contributed by atoms with Gasteiger partial charge < -0.3 is 18.3 Å². The van der Waals surface area contributed by atoms with Crippen molar-refractivity contribution >= 4 is 32.8 Å². The molecule has 0 bridgehead atoms. The van der Waals surface area contributed by atoms with Crippen LogP contribution in [0.1, 0.15) is 60.5 Å². The van der Waals surface area contributed by atoms with Crippen molar-refractivity contribution in [3.8, 4) is 0 Å². The third-order valence-electron chi connectivity index (χ3n) is 10.0. The van der Waals surface area contributed by atoms with E-state index in [1.165, 1.54) is 5.56 Å². The summed E-state index contributed by atoms with van der Waals surface area (Å²) in [5.74, 6) is -1.82. The standard InChI is InChI=1S/C39H54O5Si2/c1-9-45(10-2,11-3)43-36(28-27-32-21-15-12-16-22-32)38(7)29-30-39(41-8,44-38)35(40)31-42-46(37(4,5)6,33-23-17-13-18-24-33)34-25-19-14-20-26-34/h12-26,29-30,36H,9-11,27-28,31H2,1-8H3/t36-,38-,39-/m0/s1. The molecule has 3 aromatic rings. The Labute approximate surface area is 279 Å². The number of methoxy groups -OCH3 is 1. The maximum Gasteiger partial charge on any atom is 0.261 e. The van der Waals surface area contributed by atoms with Crippen molar-refractivity contribution < 1.29 is 23.1 Å². The molecule has 0 spiro atoms. The zero-order chi connectivity index (χ0) is 33.5. The molecule has 0 aromatic heterocycles. The lowest BCUT2D eigenvalue weighted by Gasteiger charge is -2.44. The minimum absolute atomic E-state index is 0.144.